The monoisotopic (exact) mass is 371 g/mol. The van der Waals surface area contributed by atoms with Crippen molar-refractivity contribution >= 4 is 22.1 Å². The third-order valence-corrected chi connectivity index (χ3v) is 5.24. The van der Waals surface area contributed by atoms with Crippen LogP contribution in [0.25, 0.3) is 33.0 Å². The Hall–Kier alpha value is -3.84. The molecule has 5 aromatic carbocycles. The van der Waals surface area contributed by atoms with Crippen LogP contribution in [0.4, 0.5) is 11.4 Å². The molecule has 5 rings (SSSR count). The van der Waals surface area contributed by atoms with E-state index in [0.29, 0.717) is 0 Å². The van der Waals surface area contributed by atoms with E-state index < -0.39 is 0 Å². The van der Waals surface area contributed by atoms with Gasteiger partial charge in [0.2, 0.25) is 0 Å². The maximum Gasteiger partial charge on any atom is 0.0470 e. The van der Waals surface area contributed by atoms with E-state index in [-0.39, 0.29) is 0 Å². The molecule has 1 N–H and O–H groups in total. The van der Waals surface area contributed by atoms with Gasteiger partial charge in [-0.25, -0.2) is 0 Å². The second-order valence-corrected chi connectivity index (χ2v) is 7.18. The van der Waals surface area contributed by atoms with Crippen LogP contribution in [0.5, 0.6) is 0 Å². The van der Waals surface area contributed by atoms with Gasteiger partial charge in [0.15, 0.2) is 0 Å². The molecule has 138 valence electrons. The van der Waals surface area contributed by atoms with Gasteiger partial charge in [0.25, 0.3) is 0 Å². The summed E-state index contributed by atoms with van der Waals surface area (Å²) in [6.45, 7) is 0. The van der Waals surface area contributed by atoms with Crippen LogP contribution in [0.1, 0.15) is 0 Å². The molecule has 1 heteroatoms. The highest BCUT2D eigenvalue weighted by atomic mass is 14.9. The van der Waals surface area contributed by atoms with Gasteiger partial charge in [-0.2, -0.15) is 0 Å². The standard InChI is InChI=1S/C28H21N/c1-3-9-21(10-4-1)23-15-17-26(18-16-23)29-28-20-25(22-11-5-2-6-12-22)19-24-13-7-8-14-27(24)28/h1-20,29H. The second-order valence-electron chi connectivity index (χ2n) is 7.18. The van der Waals surface area contributed by atoms with Crippen LogP contribution in [0.2, 0.25) is 0 Å². The topological polar surface area (TPSA) is 12.0 Å². The maximum absolute atomic E-state index is 3.64. The van der Waals surface area contributed by atoms with Crippen LogP contribution in [0, 0.1) is 0 Å². The van der Waals surface area contributed by atoms with Crippen LogP contribution in [-0.4, -0.2) is 0 Å². The van der Waals surface area contributed by atoms with Gasteiger partial charge in [-0.15, -0.1) is 0 Å². The highest BCUT2D eigenvalue weighted by Crippen LogP contribution is 2.33. The zero-order valence-electron chi connectivity index (χ0n) is 16.0. The number of benzene rings is 5. The van der Waals surface area contributed by atoms with E-state index in [1.165, 1.54) is 33.0 Å². The Morgan fingerprint density at radius 1 is 0.414 bits per heavy atom. The lowest BCUT2D eigenvalue weighted by Gasteiger charge is -2.13. The first kappa shape index (κ1) is 17.3. The number of nitrogens with one attached hydrogen (secondary N) is 1. The Morgan fingerprint density at radius 3 is 1.66 bits per heavy atom. The van der Waals surface area contributed by atoms with Crippen LogP contribution < -0.4 is 5.32 Å². The smallest absolute Gasteiger partial charge is 0.0470 e. The van der Waals surface area contributed by atoms with Crippen molar-refractivity contribution in [3.63, 3.8) is 0 Å². The molecule has 0 amide bonds. The lowest BCUT2D eigenvalue weighted by atomic mass is 9.99. The molecule has 29 heavy (non-hydrogen) atoms. The summed E-state index contributed by atoms with van der Waals surface area (Å²) in [5, 5.41) is 6.09. The molecule has 0 bridgehead atoms. The molecule has 0 unspecified atom stereocenters. The van der Waals surface area contributed by atoms with Crippen molar-refractivity contribution in [2.75, 3.05) is 5.32 Å². The third kappa shape index (κ3) is 3.63. The van der Waals surface area contributed by atoms with Crippen molar-refractivity contribution in [2.24, 2.45) is 0 Å². The van der Waals surface area contributed by atoms with Crippen molar-refractivity contribution in [3.8, 4) is 22.3 Å². The molecular weight excluding hydrogens is 350 g/mol. The molecule has 1 nitrogen and oxygen atoms in total. The average molecular weight is 371 g/mol. The van der Waals surface area contributed by atoms with Crippen molar-refractivity contribution in [3.05, 3.63) is 121 Å². The minimum Gasteiger partial charge on any atom is -0.355 e. The summed E-state index contributed by atoms with van der Waals surface area (Å²) in [6, 6.07) is 42.6. The van der Waals surface area contributed by atoms with Crippen molar-refractivity contribution in [1.82, 2.24) is 0 Å². The Balaban J connectivity index is 1.53. The highest BCUT2D eigenvalue weighted by Gasteiger charge is 2.07. The molecular formula is C28H21N. The predicted molar refractivity (Wildman–Crippen MR) is 125 cm³/mol. The summed E-state index contributed by atoms with van der Waals surface area (Å²) in [7, 11) is 0. The van der Waals surface area contributed by atoms with Gasteiger partial charge < -0.3 is 5.32 Å². The fraction of sp³-hybridized carbons (Fsp3) is 0. The molecule has 0 heterocycles. The van der Waals surface area contributed by atoms with Gasteiger partial charge in [0, 0.05) is 16.8 Å². The lowest BCUT2D eigenvalue weighted by Crippen LogP contribution is -1.93. The van der Waals surface area contributed by atoms with Crippen molar-refractivity contribution in [1.29, 1.82) is 0 Å². The van der Waals surface area contributed by atoms with E-state index >= 15 is 0 Å². The van der Waals surface area contributed by atoms with Gasteiger partial charge in [0.1, 0.15) is 0 Å². The van der Waals surface area contributed by atoms with Gasteiger partial charge in [-0.3, -0.25) is 0 Å². The van der Waals surface area contributed by atoms with Crippen LogP contribution >= 0.6 is 0 Å². The molecule has 0 aliphatic rings. The molecule has 0 saturated carbocycles. The summed E-state index contributed by atoms with van der Waals surface area (Å²) in [5.74, 6) is 0. The zero-order valence-corrected chi connectivity index (χ0v) is 16.0. The molecule has 5 aromatic rings. The van der Waals surface area contributed by atoms with E-state index in [0.717, 1.165) is 11.4 Å². The third-order valence-electron chi connectivity index (χ3n) is 5.24. The molecule has 0 radical (unpaired) electrons. The van der Waals surface area contributed by atoms with Crippen molar-refractivity contribution in [2.45, 2.75) is 0 Å². The Kier molecular flexibility index (Phi) is 4.56. The quantitative estimate of drug-likeness (QED) is 0.338. The van der Waals surface area contributed by atoms with Crippen LogP contribution in [0.3, 0.4) is 0 Å². The molecule has 0 fully saturated rings. The number of fused-ring (bicyclic) bond motifs is 1. The van der Waals surface area contributed by atoms with E-state index in [2.05, 4.69) is 121 Å². The van der Waals surface area contributed by atoms with Crippen LogP contribution in [-0.2, 0) is 0 Å². The minimum atomic E-state index is 1.08. The summed E-state index contributed by atoms with van der Waals surface area (Å²) >= 11 is 0. The SMILES string of the molecule is c1ccc(-c2ccc(Nc3cc(-c4ccccc4)cc4ccccc34)cc2)cc1. The summed E-state index contributed by atoms with van der Waals surface area (Å²) in [6.07, 6.45) is 0. The van der Waals surface area contributed by atoms with E-state index in [9.17, 15) is 0 Å². The Bertz CT molecular complexity index is 1240. The summed E-state index contributed by atoms with van der Waals surface area (Å²) in [4.78, 5) is 0. The molecule has 0 aliphatic heterocycles. The van der Waals surface area contributed by atoms with E-state index in [1.54, 1.807) is 0 Å². The van der Waals surface area contributed by atoms with Gasteiger partial charge in [-0.1, -0.05) is 97.1 Å². The normalized spacial score (nSPS) is 10.8. The van der Waals surface area contributed by atoms with Gasteiger partial charge >= 0.3 is 0 Å². The van der Waals surface area contributed by atoms with Gasteiger partial charge in [0.05, 0.1) is 0 Å². The number of hydrogen-bond donors (Lipinski definition) is 1. The minimum absolute atomic E-state index is 1.08. The molecule has 0 spiro atoms. The zero-order chi connectivity index (χ0) is 19.5. The Morgan fingerprint density at radius 2 is 0.966 bits per heavy atom. The molecule has 0 aliphatic carbocycles. The average Bonchev–Trinajstić information content (AvgIpc) is 2.81. The largest absolute Gasteiger partial charge is 0.355 e. The van der Waals surface area contributed by atoms with Gasteiger partial charge in [-0.05, 0) is 51.9 Å². The lowest BCUT2D eigenvalue weighted by molar-refractivity contribution is 1.55. The highest BCUT2D eigenvalue weighted by molar-refractivity contribution is 5.99. The maximum atomic E-state index is 3.64. The molecule has 0 saturated heterocycles. The fourth-order valence-electron chi connectivity index (χ4n) is 3.74. The molecule has 0 atom stereocenters. The van der Waals surface area contributed by atoms with Crippen molar-refractivity contribution < 1.29 is 0 Å². The number of anilines is 2. The van der Waals surface area contributed by atoms with E-state index in [4.69, 9.17) is 0 Å². The summed E-state index contributed by atoms with van der Waals surface area (Å²) < 4.78 is 0. The first-order valence-corrected chi connectivity index (χ1v) is 9.87. The first-order valence-electron chi connectivity index (χ1n) is 9.87. The fourth-order valence-corrected chi connectivity index (χ4v) is 3.74. The predicted octanol–water partition coefficient (Wildman–Crippen LogP) is 7.92. The van der Waals surface area contributed by atoms with Crippen LogP contribution in [0.15, 0.2) is 121 Å². The number of rotatable bonds is 4. The Labute approximate surface area is 171 Å². The van der Waals surface area contributed by atoms with E-state index in [1.807, 2.05) is 6.07 Å². The first-order chi connectivity index (χ1) is 14.4. The number of hydrogen-bond acceptors (Lipinski definition) is 1. The molecule has 0 aromatic heterocycles. The second kappa shape index (κ2) is 7.65. The summed E-state index contributed by atoms with van der Waals surface area (Å²) in [5.41, 5.74) is 7.09.